The average Bonchev–Trinajstić information content (AvgIpc) is 2.02. The van der Waals surface area contributed by atoms with Gasteiger partial charge in [-0.15, -0.1) is 0 Å². The highest BCUT2D eigenvalue weighted by Gasteiger charge is 2.14. The van der Waals surface area contributed by atoms with Crippen molar-refractivity contribution in [3.8, 4) is 0 Å². The molecule has 0 fully saturated rings. The van der Waals surface area contributed by atoms with Crippen LogP contribution in [0.15, 0.2) is 0 Å². The standard InChI is InChI=1S/C8H17IN2O/c1-6(8(10)12)5-11(3)7(2)4-9/h6-7H,4-5H2,1-3H3,(H2,10,12)/t6?,7-/m0/s1. The Morgan fingerprint density at radius 2 is 2.08 bits per heavy atom. The van der Waals surface area contributed by atoms with Crippen LogP contribution in [0.2, 0.25) is 0 Å². The van der Waals surface area contributed by atoms with E-state index in [1.165, 1.54) is 0 Å². The van der Waals surface area contributed by atoms with Crippen LogP contribution in [-0.2, 0) is 4.79 Å². The minimum Gasteiger partial charge on any atom is -0.369 e. The minimum atomic E-state index is -0.220. The third-order valence-electron chi connectivity index (χ3n) is 2.02. The van der Waals surface area contributed by atoms with Gasteiger partial charge in [-0.05, 0) is 14.0 Å². The molecule has 12 heavy (non-hydrogen) atoms. The first-order chi connectivity index (χ1) is 5.49. The molecule has 0 saturated heterocycles. The van der Waals surface area contributed by atoms with Gasteiger partial charge in [-0.1, -0.05) is 29.5 Å². The van der Waals surface area contributed by atoms with Gasteiger partial charge in [0.2, 0.25) is 5.91 Å². The summed E-state index contributed by atoms with van der Waals surface area (Å²) in [7, 11) is 2.02. The number of hydrogen-bond donors (Lipinski definition) is 1. The number of nitrogens with two attached hydrogens (primary N) is 1. The molecule has 4 heteroatoms. The van der Waals surface area contributed by atoms with Gasteiger partial charge >= 0.3 is 0 Å². The summed E-state index contributed by atoms with van der Waals surface area (Å²) in [5.41, 5.74) is 5.16. The molecule has 0 heterocycles. The van der Waals surface area contributed by atoms with Crippen LogP contribution in [0.25, 0.3) is 0 Å². The number of carbonyl (C=O) groups excluding carboxylic acids is 1. The van der Waals surface area contributed by atoms with Gasteiger partial charge in [0.15, 0.2) is 0 Å². The predicted octanol–water partition coefficient (Wildman–Crippen LogP) is 0.863. The quantitative estimate of drug-likeness (QED) is 0.601. The number of primary amides is 1. The lowest BCUT2D eigenvalue weighted by molar-refractivity contribution is -0.121. The highest BCUT2D eigenvalue weighted by atomic mass is 127. The molecule has 0 spiro atoms. The predicted molar refractivity (Wildman–Crippen MR) is 59.3 cm³/mol. The maximum absolute atomic E-state index is 10.7. The van der Waals surface area contributed by atoms with Crippen LogP contribution in [0.1, 0.15) is 13.8 Å². The summed E-state index contributed by atoms with van der Waals surface area (Å²) in [5, 5.41) is 0. The van der Waals surface area contributed by atoms with Crippen molar-refractivity contribution < 1.29 is 4.79 Å². The second-order valence-electron chi connectivity index (χ2n) is 3.25. The maximum Gasteiger partial charge on any atom is 0.221 e. The number of alkyl halides is 1. The summed E-state index contributed by atoms with van der Waals surface area (Å²) in [6.45, 7) is 4.75. The second kappa shape index (κ2) is 5.75. The molecule has 3 nitrogen and oxygen atoms in total. The number of halogens is 1. The van der Waals surface area contributed by atoms with Crippen LogP contribution in [0, 0.1) is 5.92 Å². The van der Waals surface area contributed by atoms with Gasteiger partial charge in [0.1, 0.15) is 0 Å². The van der Waals surface area contributed by atoms with Crippen molar-refractivity contribution in [1.29, 1.82) is 0 Å². The van der Waals surface area contributed by atoms with E-state index in [1.54, 1.807) is 0 Å². The normalized spacial score (nSPS) is 16.1. The third-order valence-corrected chi connectivity index (χ3v) is 3.30. The lowest BCUT2D eigenvalue weighted by atomic mass is 10.1. The summed E-state index contributed by atoms with van der Waals surface area (Å²) < 4.78 is 1.07. The van der Waals surface area contributed by atoms with E-state index in [9.17, 15) is 4.79 Å². The van der Waals surface area contributed by atoms with E-state index < -0.39 is 0 Å². The van der Waals surface area contributed by atoms with Gasteiger partial charge in [0.25, 0.3) is 0 Å². The van der Waals surface area contributed by atoms with Crippen molar-refractivity contribution in [2.75, 3.05) is 18.0 Å². The van der Waals surface area contributed by atoms with Gasteiger partial charge in [-0.2, -0.15) is 0 Å². The van der Waals surface area contributed by atoms with Crippen molar-refractivity contribution in [3.05, 3.63) is 0 Å². The van der Waals surface area contributed by atoms with Crippen LogP contribution < -0.4 is 5.73 Å². The maximum atomic E-state index is 10.7. The Bertz CT molecular complexity index is 152. The summed E-state index contributed by atoms with van der Waals surface area (Å²) in [4.78, 5) is 12.9. The fraction of sp³-hybridized carbons (Fsp3) is 0.875. The molecule has 0 aliphatic carbocycles. The van der Waals surface area contributed by atoms with Crippen LogP contribution in [0.4, 0.5) is 0 Å². The summed E-state index contributed by atoms with van der Waals surface area (Å²) in [5.74, 6) is -0.275. The SMILES string of the molecule is CC(CN(C)[C@@H](C)CI)C(N)=O. The van der Waals surface area contributed by atoms with E-state index in [-0.39, 0.29) is 11.8 Å². The van der Waals surface area contributed by atoms with Gasteiger partial charge in [0.05, 0.1) is 0 Å². The molecule has 2 atom stereocenters. The Balaban J connectivity index is 3.83. The molecule has 1 amide bonds. The highest BCUT2D eigenvalue weighted by Crippen LogP contribution is 2.04. The Morgan fingerprint density at radius 1 is 1.58 bits per heavy atom. The first kappa shape index (κ1) is 12.2. The van der Waals surface area contributed by atoms with E-state index in [2.05, 4.69) is 34.4 Å². The zero-order chi connectivity index (χ0) is 9.72. The molecule has 0 aliphatic heterocycles. The van der Waals surface area contributed by atoms with Crippen molar-refractivity contribution >= 4 is 28.5 Å². The molecule has 0 aromatic heterocycles. The molecule has 2 N–H and O–H groups in total. The van der Waals surface area contributed by atoms with Gasteiger partial charge in [0, 0.05) is 22.9 Å². The topological polar surface area (TPSA) is 46.3 Å². The van der Waals surface area contributed by atoms with Gasteiger partial charge in [-0.3, -0.25) is 4.79 Å². The number of amides is 1. The molecule has 0 aliphatic rings. The fourth-order valence-corrected chi connectivity index (χ4v) is 1.49. The Morgan fingerprint density at radius 3 is 2.42 bits per heavy atom. The van der Waals surface area contributed by atoms with E-state index in [1.807, 2.05) is 14.0 Å². The molecule has 0 saturated carbocycles. The molecule has 0 aromatic carbocycles. The first-order valence-electron chi connectivity index (χ1n) is 4.04. The monoisotopic (exact) mass is 284 g/mol. The van der Waals surface area contributed by atoms with Crippen LogP contribution in [0.3, 0.4) is 0 Å². The molecule has 0 aromatic rings. The highest BCUT2D eigenvalue weighted by molar-refractivity contribution is 14.1. The Hall–Kier alpha value is 0.160. The van der Waals surface area contributed by atoms with E-state index in [4.69, 9.17) is 5.73 Å². The summed E-state index contributed by atoms with van der Waals surface area (Å²) in [6.07, 6.45) is 0. The van der Waals surface area contributed by atoms with Crippen molar-refractivity contribution in [2.24, 2.45) is 11.7 Å². The molecule has 0 rings (SSSR count). The summed E-state index contributed by atoms with van der Waals surface area (Å²) in [6, 6.07) is 0.507. The van der Waals surface area contributed by atoms with E-state index in [0.717, 1.165) is 11.0 Å². The van der Waals surface area contributed by atoms with Crippen LogP contribution in [0.5, 0.6) is 0 Å². The lowest BCUT2D eigenvalue weighted by Crippen LogP contribution is -2.38. The second-order valence-corrected chi connectivity index (χ2v) is 4.13. The van der Waals surface area contributed by atoms with Crippen LogP contribution in [-0.4, -0.2) is 34.9 Å². The molecular weight excluding hydrogens is 267 g/mol. The van der Waals surface area contributed by atoms with Gasteiger partial charge < -0.3 is 10.6 Å². The third kappa shape index (κ3) is 4.25. The van der Waals surface area contributed by atoms with E-state index in [0.29, 0.717) is 6.04 Å². The Labute approximate surface area is 87.8 Å². The molecule has 1 unspecified atom stereocenters. The number of rotatable bonds is 5. The number of hydrogen-bond acceptors (Lipinski definition) is 2. The largest absolute Gasteiger partial charge is 0.369 e. The first-order valence-corrected chi connectivity index (χ1v) is 5.57. The number of nitrogens with zero attached hydrogens (tertiary/aromatic N) is 1. The van der Waals surface area contributed by atoms with Crippen molar-refractivity contribution in [3.63, 3.8) is 0 Å². The number of carbonyl (C=O) groups is 1. The smallest absolute Gasteiger partial charge is 0.221 e. The van der Waals surface area contributed by atoms with Crippen molar-refractivity contribution in [1.82, 2.24) is 4.90 Å². The fourth-order valence-electron chi connectivity index (χ4n) is 0.820. The molecular formula is C8H17IN2O. The zero-order valence-corrected chi connectivity index (χ0v) is 10.0. The molecule has 72 valence electrons. The zero-order valence-electron chi connectivity index (χ0n) is 7.88. The Kier molecular flexibility index (Phi) is 5.82. The average molecular weight is 284 g/mol. The minimum absolute atomic E-state index is 0.0552. The molecule has 0 bridgehead atoms. The van der Waals surface area contributed by atoms with Gasteiger partial charge in [-0.25, -0.2) is 0 Å². The lowest BCUT2D eigenvalue weighted by Gasteiger charge is -2.24. The molecule has 0 radical (unpaired) electrons. The summed E-state index contributed by atoms with van der Waals surface area (Å²) >= 11 is 2.33. The van der Waals surface area contributed by atoms with Crippen LogP contribution >= 0.6 is 22.6 Å². The van der Waals surface area contributed by atoms with E-state index >= 15 is 0 Å². The van der Waals surface area contributed by atoms with Crippen molar-refractivity contribution in [2.45, 2.75) is 19.9 Å².